The first-order chi connectivity index (χ1) is 11.8. The largest absolute Gasteiger partial charge is 0.493 e. The lowest BCUT2D eigenvalue weighted by Gasteiger charge is -2.27. The van der Waals surface area contributed by atoms with Gasteiger partial charge in [-0.05, 0) is 24.1 Å². The molecule has 1 heterocycles. The number of fused-ring (bicyclic) bond motifs is 1. The first-order valence-electron chi connectivity index (χ1n) is 7.11. The fraction of sp³-hybridized carbons (Fsp3) is 0.333. The van der Waals surface area contributed by atoms with Gasteiger partial charge in [0.15, 0.2) is 0 Å². The van der Waals surface area contributed by atoms with Crippen LogP contribution in [0.25, 0.3) is 0 Å². The maximum Gasteiger partial charge on any atom is 0.493 e. The van der Waals surface area contributed by atoms with Crippen LogP contribution in [0.15, 0.2) is 30.1 Å². The second kappa shape index (κ2) is 7.51. The van der Waals surface area contributed by atoms with E-state index in [1.54, 1.807) is 6.07 Å². The predicted molar refractivity (Wildman–Crippen MR) is 77.1 cm³/mol. The normalized spacial score (nSPS) is 15.0. The minimum atomic E-state index is -5.21. The average Bonchev–Trinajstić information content (AvgIpc) is 2.57. The van der Waals surface area contributed by atoms with Crippen LogP contribution in [-0.2, 0) is 16.1 Å². The van der Waals surface area contributed by atoms with Gasteiger partial charge in [-0.3, -0.25) is 4.79 Å². The van der Waals surface area contributed by atoms with Crippen molar-refractivity contribution in [2.75, 3.05) is 19.7 Å². The summed E-state index contributed by atoms with van der Waals surface area (Å²) in [6.07, 6.45) is -4.70. The van der Waals surface area contributed by atoms with Crippen LogP contribution in [0, 0.1) is 0 Å². The number of hydrogen-bond donors (Lipinski definition) is 1. The average molecular weight is 362 g/mol. The minimum absolute atomic E-state index is 0.0391. The molecule has 0 fully saturated rings. The van der Waals surface area contributed by atoms with Gasteiger partial charge in [0.05, 0.1) is 12.9 Å². The first-order valence-corrected chi connectivity index (χ1v) is 7.11. The summed E-state index contributed by atoms with van der Waals surface area (Å²) >= 11 is 0. The highest BCUT2D eigenvalue weighted by Gasteiger charge is 2.44. The van der Waals surface area contributed by atoms with Crippen molar-refractivity contribution in [2.24, 2.45) is 5.73 Å². The van der Waals surface area contributed by atoms with Gasteiger partial charge in [0.25, 0.3) is 5.91 Å². The number of nitrogens with zero attached hydrogens (tertiary/aromatic N) is 1. The summed E-state index contributed by atoms with van der Waals surface area (Å²) in [4.78, 5) is 27.2. The van der Waals surface area contributed by atoms with Gasteiger partial charge in [-0.2, -0.15) is 18.2 Å². The highest BCUT2D eigenvalue weighted by molar-refractivity contribution is 5.97. The van der Waals surface area contributed by atoms with Crippen LogP contribution in [0.3, 0.4) is 0 Å². The maximum absolute atomic E-state index is 12.4. The number of nitrogens with two attached hydrogens (primary N) is 1. The number of hydroxylamine groups is 2. The highest BCUT2D eigenvalue weighted by atomic mass is 19.4. The molecule has 1 aliphatic heterocycles. The highest BCUT2D eigenvalue weighted by Crippen LogP contribution is 2.26. The summed E-state index contributed by atoms with van der Waals surface area (Å²) in [5, 5.41) is 0.356. The molecule has 25 heavy (non-hydrogen) atoms. The molecule has 1 amide bonds. The Morgan fingerprint density at radius 3 is 2.68 bits per heavy atom. The van der Waals surface area contributed by atoms with E-state index in [1.165, 1.54) is 12.1 Å². The number of amides is 1. The Morgan fingerprint density at radius 1 is 1.36 bits per heavy atom. The van der Waals surface area contributed by atoms with Crippen LogP contribution in [0.1, 0.15) is 15.9 Å². The van der Waals surface area contributed by atoms with Gasteiger partial charge in [0, 0.05) is 17.7 Å². The van der Waals surface area contributed by atoms with Crippen LogP contribution in [0.4, 0.5) is 17.6 Å². The molecular formula is C15H14F4N2O4. The molecule has 0 aromatic heterocycles. The Morgan fingerprint density at radius 2 is 2.08 bits per heavy atom. The van der Waals surface area contributed by atoms with Crippen LogP contribution in [0.5, 0.6) is 5.75 Å². The predicted octanol–water partition coefficient (Wildman–Crippen LogP) is 1.90. The van der Waals surface area contributed by atoms with Crippen LogP contribution in [0.2, 0.25) is 0 Å². The summed E-state index contributed by atoms with van der Waals surface area (Å²) in [7, 11) is 0. The molecule has 2 N–H and O–H groups in total. The lowest BCUT2D eigenvalue weighted by Crippen LogP contribution is -2.42. The topological polar surface area (TPSA) is 81.9 Å². The fourth-order valence-corrected chi connectivity index (χ4v) is 2.07. The monoisotopic (exact) mass is 362 g/mol. The van der Waals surface area contributed by atoms with E-state index in [0.717, 1.165) is 0 Å². The van der Waals surface area contributed by atoms with Crippen molar-refractivity contribution < 1.29 is 36.7 Å². The number of hydrogen-bond acceptors (Lipinski definition) is 5. The van der Waals surface area contributed by atoms with Crippen LogP contribution < -0.4 is 10.5 Å². The van der Waals surface area contributed by atoms with Gasteiger partial charge in [-0.15, -0.1) is 0 Å². The summed E-state index contributed by atoms with van der Waals surface area (Å²) in [5.74, 6) is -3.18. The van der Waals surface area contributed by atoms with E-state index in [-0.39, 0.29) is 43.0 Å². The molecule has 1 aromatic carbocycles. The molecule has 1 aromatic rings. The molecule has 10 heteroatoms. The van der Waals surface area contributed by atoms with Crippen LogP contribution >= 0.6 is 0 Å². The molecule has 0 spiro atoms. The van der Waals surface area contributed by atoms with E-state index in [2.05, 4.69) is 4.84 Å². The molecule has 0 bridgehead atoms. The Kier molecular flexibility index (Phi) is 5.62. The van der Waals surface area contributed by atoms with Crippen molar-refractivity contribution in [3.05, 3.63) is 41.2 Å². The number of carbonyl (C=O) groups is 2. The molecule has 0 saturated carbocycles. The standard InChI is InChI=1S/C15H14F4N2O4/c16-6-9(7-20)8-24-11-2-1-10-3-4-21(13(22)12(10)5-11)25-14(23)15(17,18)19/h1-2,5-6H,3-4,7-8,20H2/b9-6-. The zero-order valence-electron chi connectivity index (χ0n) is 12.8. The first kappa shape index (κ1) is 18.7. The molecule has 136 valence electrons. The van der Waals surface area contributed by atoms with E-state index in [0.29, 0.717) is 17.0 Å². The zero-order chi connectivity index (χ0) is 18.6. The smallest absolute Gasteiger partial charge is 0.489 e. The molecule has 0 saturated heterocycles. The molecule has 6 nitrogen and oxygen atoms in total. The van der Waals surface area contributed by atoms with Crippen molar-refractivity contribution in [2.45, 2.75) is 12.6 Å². The summed E-state index contributed by atoms with van der Waals surface area (Å²) in [6.45, 7) is -0.399. The number of alkyl halides is 3. The van der Waals surface area contributed by atoms with Gasteiger partial charge >= 0.3 is 12.1 Å². The Labute approximate surface area is 139 Å². The minimum Gasteiger partial charge on any atom is -0.489 e. The van der Waals surface area contributed by atoms with Crippen molar-refractivity contribution in [1.29, 1.82) is 0 Å². The third-order valence-electron chi connectivity index (χ3n) is 3.39. The van der Waals surface area contributed by atoms with Crippen molar-refractivity contribution in [3.63, 3.8) is 0 Å². The molecular weight excluding hydrogens is 348 g/mol. The summed E-state index contributed by atoms with van der Waals surface area (Å²) < 4.78 is 54.5. The second-order valence-corrected chi connectivity index (χ2v) is 5.11. The van der Waals surface area contributed by atoms with E-state index in [9.17, 15) is 27.2 Å². The SMILES string of the molecule is NC/C(=C/F)COc1ccc2c(c1)C(=O)N(OC(=O)C(F)(F)F)CC2. The molecule has 0 radical (unpaired) electrons. The fourth-order valence-electron chi connectivity index (χ4n) is 2.07. The molecule has 0 aliphatic carbocycles. The molecule has 0 atom stereocenters. The van der Waals surface area contributed by atoms with Gasteiger partial charge < -0.3 is 15.3 Å². The quantitative estimate of drug-likeness (QED) is 0.809. The number of ether oxygens (including phenoxy) is 1. The Hall–Kier alpha value is -2.62. The third kappa shape index (κ3) is 4.47. The number of benzene rings is 1. The number of carbonyl (C=O) groups excluding carboxylic acids is 2. The van der Waals surface area contributed by atoms with Gasteiger partial charge in [-0.1, -0.05) is 6.07 Å². The molecule has 0 unspecified atom stereocenters. The summed E-state index contributed by atoms with van der Waals surface area (Å²) in [5.41, 5.74) is 6.08. The lowest BCUT2D eigenvalue weighted by molar-refractivity contribution is -0.228. The maximum atomic E-state index is 12.4. The van der Waals surface area contributed by atoms with Gasteiger partial charge in [-0.25, -0.2) is 9.18 Å². The lowest BCUT2D eigenvalue weighted by atomic mass is 10.00. The summed E-state index contributed by atoms with van der Waals surface area (Å²) in [6, 6.07) is 4.39. The van der Waals surface area contributed by atoms with Gasteiger partial charge in [0.1, 0.15) is 12.4 Å². The van der Waals surface area contributed by atoms with Crippen molar-refractivity contribution in [3.8, 4) is 5.75 Å². The van der Waals surface area contributed by atoms with E-state index < -0.39 is 18.1 Å². The zero-order valence-corrected chi connectivity index (χ0v) is 12.8. The molecule has 1 aliphatic rings. The van der Waals surface area contributed by atoms with Crippen LogP contribution in [-0.4, -0.2) is 42.8 Å². The third-order valence-corrected chi connectivity index (χ3v) is 3.39. The number of rotatable bonds is 5. The van der Waals surface area contributed by atoms with E-state index in [1.807, 2.05) is 0 Å². The Bertz CT molecular complexity index is 703. The Balaban J connectivity index is 2.13. The van der Waals surface area contributed by atoms with E-state index in [4.69, 9.17) is 10.5 Å². The number of halogens is 4. The molecule has 2 rings (SSSR count). The van der Waals surface area contributed by atoms with Gasteiger partial charge in [0.2, 0.25) is 0 Å². The second-order valence-electron chi connectivity index (χ2n) is 5.11. The van der Waals surface area contributed by atoms with Crippen molar-refractivity contribution >= 4 is 11.9 Å². The van der Waals surface area contributed by atoms with E-state index >= 15 is 0 Å². The van der Waals surface area contributed by atoms with Crippen molar-refractivity contribution in [1.82, 2.24) is 5.06 Å².